The second kappa shape index (κ2) is 11.5. The smallest absolute Gasteiger partial charge is 0.411 e. The van der Waals surface area contributed by atoms with E-state index in [-0.39, 0.29) is 37.8 Å². The fourth-order valence-corrected chi connectivity index (χ4v) is 3.27. The lowest BCUT2D eigenvalue weighted by atomic mass is 9.90. The number of nitrogens with zero attached hydrogens (tertiary/aromatic N) is 1. The standard InChI is InChI=1S/C17H34N3O7P/c1-13(20-23)7-9-18-14(21)8-10-19-15(22)11-17(5,6)12-26-28(24,25)27-16(2,3)4/h23H,7-12H2,1-6H3,(H,18,21)(H,19,22)(H,24,25)/b20-13+. The lowest BCUT2D eigenvalue weighted by Gasteiger charge is -2.27. The number of rotatable bonds is 12. The van der Waals surface area contributed by atoms with Crippen molar-refractivity contribution in [1.29, 1.82) is 0 Å². The highest BCUT2D eigenvalue weighted by molar-refractivity contribution is 7.47. The average Bonchev–Trinajstić information content (AvgIpc) is 2.50. The maximum atomic E-state index is 12.0. The van der Waals surface area contributed by atoms with Crippen molar-refractivity contribution in [3.05, 3.63) is 0 Å². The molecule has 0 aromatic heterocycles. The van der Waals surface area contributed by atoms with Crippen molar-refractivity contribution in [1.82, 2.24) is 10.6 Å². The lowest BCUT2D eigenvalue weighted by molar-refractivity contribution is -0.124. The normalized spacial score (nSPS) is 15.0. The Morgan fingerprint density at radius 3 is 2.11 bits per heavy atom. The van der Waals surface area contributed by atoms with Gasteiger partial charge in [0, 0.05) is 32.4 Å². The topological polar surface area (TPSA) is 147 Å². The molecular formula is C17H34N3O7P. The molecule has 0 rings (SSSR count). The molecule has 0 radical (unpaired) electrons. The predicted molar refractivity (Wildman–Crippen MR) is 105 cm³/mol. The first kappa shape index (κ1) is 26.5. The maximum absolute atomic E-state index is 12.0. The molecule has 4 N–H and O–H groups in total. The highest BCUT2D eigenvalue weighted by atomic mass is 31.2. The molecule has 0 fully saturated rings. The van der Waals surface area contributed by atoms with Crippen molar-refractivity contribution in [2.24, 2.45) is 10.6 Å². The van der Waals surface area contributed by atoms with E-state index in [1.165, 1.54) is 0 Å². The number of oxime groups is 1. The van der Waals surface area contributed by atoms with Crippen LogP contribution < -0.4 is 10.6 Å². The third-order valence-corrected chi connectivity index (χ3v) is 4.53. The van der Waals surface area contributed by atoms with Crippen LogP contribution in [0.1, 0.15) is 60.8 Å². The van der Waals surface area contributed by atoms with Crippen LogP contribution in [0.3, 0.4) is 0 Å². The lowest BCUT2D eigenvalue weighted by Crippen LogP contribution is -2.34. The molecule has 0 aliphatic carbocycles. The molecule has 164 valence electrons. The number of phosphoric acid groups is 1. The molecule has 0 saturated heterocycles. The Balaban J connectivity index is 4.19. The summed E-state index contributed by atoms with van der Waals surface area (Å²) < 4.78 is 21.9. The third kappa shape index (κ3) is 14.6. The van der Waals surface area contributed by atoms with E-state index in [9.17, 15) is 19.0 Å². The van der Waals surface area contributed by atoms with Crippen LogP contribution in [0.5, 0.6) is 0 Å². The van der Waals surface area contributed by atoms with E-state index in [4.69, 9.17) is 14.3 Å². The van der Waals surface area contributed by atoms with Gasteiger partial charge >= 0.3 is 7.82 Å². The number of phosphoric ester groups is 1. The van der Waals surface area contributed by atoms with Gasteiger partial charge in [0.2, 0.25) is 11.8 Å². The third-order valence-electron chi connectivity index (χ3n) is 3.30. The first-order valence-corrected chi connectivity index (χ1v) is 10.5. The van der Waals surface area contributed by atoms with Gasteiger partial charge in [-0.15, -0.1) is 0 Å². The molecule has 11 heteroatoms. The maximum Gasteiger partial charge on any atom is 0.472 e. The largest absolute Gasteiger partial charge is 0.472 e. The van der Waals surface area contributed by atoms with Crippen LogP contribution in [0.15, 0.2) is 5.16 Å². The van der Waals surface area contributed by atoms with Gasteiger partial charge in [-0.2, -0.15) is 0 Å². The Kier molecular flexibility index (Phi) is 10.9. The molecule has 0 aliphatic heterocycles. The van der Waals surface area contributed by atoms with E-state index in [1.807, 2.05) is 0 Å². The molecule has 0 aliphatic rings. The molecule has 0 aromatic carbocycles. The molecule has 0 heterocycles. The van der Waals surface area contributed by atoms with Crippen molar-refractivity contribution in [2.75, 3.05) is 19.7 Å². The van der Waals surface area contributed by atoms with Crippen LogP contribution in [0, 0.1) is 5.41 Å². The SMILES string of the molecule is C/C(CCNC(=O)CCNC(=O)CC(C)(C)COP(=O)(O)OC(C)(C)C)=N\O. The number of nitrogens with one attached hydrogen (secondary N) is 2. The second-order valence-electron chi connectivity index (χ2n) is 8.32. The summed E-state index contributed by atoms with van der Waals surface area (Å²) in [4.78, 5) is 33.4. The Bertz CT molecular complexity index is 600. The van der Waals surface area contributed by atoms with E-state index in [0.717, 1.165) is 0 Å². The van der Waals surface area contributed by atoms with Gasteiger partial charge in [0.05, 0.1) is 17.9 Å². The zero-order chi connectivity index (χ0) is 22.0. The summed E-state index contributed by atoms with van der Waals surface area (Å²) in [5.74, 6) is -0.525. The van der Waals surface area contributed by atoms with E-state index in [2.05, 4.69) is 15.8 Å². The van der Waals surface area contributed by atoms with Crippen LogP contribution in [-0.2, 0) is 23.2 Å². The molecule has 10 nitrogen and oxygen atoms in total. The Labute approximate surface area is 166 Å². The number of carbonyl (C=O) groups is 2. The fourth-order valence-electron chi connectivity index (χ4n) is 2.01. The van der Waals surface area contributed by atoms with Crippen LogP contribution >= 0.6 is 7.82 Å². The van der Waals surface area contributed by atoms with Gasteiger partial charge in [-0.3, -0.25) is 18.6 Å². The first-order valence-electron chi connectivity index (χ1n) is 9.05. The van der Waals surface area contributed by atoms with Gasteiger partial charge in [-0.05, 0) is 33.1 Å². The van der Waals surface area contributed by atoms with Crippen LogP contribution in [0.4, 0.5) is 0 Å². The summed E-state index contributed by atoms with van der Waals surface area (Å²) >= 11 is 0. The summed E-state index contributed by atoms with van der Waals surface area (Å²) in [6, 6.07) is 0. The summed E-state index contributed by atoms with van der Waals surface area (Å²) in [6.45, 7) is 10.4. The van der Waals surface area contributed by atoms with Crippen molar-refractivity contribution in [3.8, 4) is 0 Å². The molecule has 0 aromatic rings. The summed E-state index contributed by atoms with van der Waals surface area (Å²) in [5.41, 5.74) is -1.03. The number of hydrogen-bond acceptors (Lipinski definition) is 7. The number of amides is 2. The van der Waals surface area contributed by atoms with Gasteiger partial charge in [0.15, 0.2) is 0 Å². The predicted octanol–water partition coefficient (Wildman–Crippen LogP) is 2.20. The van der Waals surface area contributed by atoms with E-state index < -0.39 is 18.8 Å². The van der Waals surface area contributed by atoms with E-state index in [1.54, 1.807) is 41.5 Å². The zero-order valence-electron chi connectivity index (χ0n) is 17.6. The van der Waals surface area contributed by atoms with Crippen LogP contribution in [-0.4, -0.2) is 52.9 Å². The van der Waals surface area contributed by atoms with Gasteiger partial charge < -0.3 is 20.7 Å². The van der Waals surface area contributed by atoms with Gasteiger partial charge in [-0.25, -0.2) is 4.57 Å². The molecule has 2 amide bonds. The average molecular weight is 423 g/mol. The van der Waals surface area contributed by atoms with Crippen molar-refractivity contribution >= 4 is 25.3 Å². The first-order chi connectivity index (χ1) is 12.7. The van der Waals surface area contributed by atoms with E-state index in [0.29, 0.717) is 18.7 Å². The molecule has 0 spiro atoms. The summed E-state index contributed by atoms with van der Waals surface area (Å²) in [7, 11) is -4.22. The minimum absolute atomic E-state index is 0.0519. The molecule has 0 bridgehead atoms. The monoisotopic (exact) mass is 423 g/mol. The quantitative estimate of drug-likeness (QED) is 0.163. The molecule has 1 unspecified atom stereocenters. The minimum atomic E-state index is -4.22. The Hall–Kier alpha value is -1.48. The molecule has 1 atom stereocenters. The van der Waals surface area contributed by atoms with E-state index >= 15 is 0 Å². The van der Waals surface area contributed by atoms with Gasteiger partial charge in [0.1, 0.15) is 0 Å². The summed E-state index contributed by atoms with van der Waals surface area (Å²) in [5, 5.41) is 16.8. The van der Waals surface area contributed by atoms with Crippen LogP contribution in [0.25, 0.3) is 0 Å². The zero-order valence-corrected chi connectivity index (χ0v) is 18.5. The van der Waals surface area contributed by atoms with Gasteiger partial charge in [-0.1, -0.05) is 19.0 Å². The fraction of sp³-hybridized carbons (Fsp3) is 0.824. The minimum Gasteiger partial charge on any atom is -0.411 e. The molecule has 0 saturated carbocycles. The number of hydrogen-bond donors (Lipinski definition) is 4. The van der Waals surface area contributed by atoms with Gasteiger partial charge in [0.25, 0.3) is 0 Å². The molecular weight excluding hydrogens is 389 g/mol. The highest BCUT2D eigenvalue weighted by Crippen LogP contribution is 2.48. The Morgan fingerprint density at radius 1 is 1.04 bits per heavy atom. The van der Waals surface area contributed by atoms with Crippen LogP contribution in [0.2, 0.25) is 0 Å². The Morgan fingerprint density at radius 2 is 1.57 bits per heavy atom. The van der Waals surface area contributed by atoms with Crippen molar-refractivity contribution in [2.45, 2.75) is 66.4 Å². The molecule has 28 heavy (non-hydrogen) atoms. The highest BCUT2D eigenvalue weighted by Gasteiger charge is 2.32. The summed E-state index contributed by atoms with van der Waals surface area (Å²) in [6.07, 6.45) is 0.607. The second-order valence-corrected chi connectivity index (χ2v) is 9.70. The number of carbonyl (C=O) groups excluding carboxylic acids is 2. The van der Waals surface area contributed by atoms with Crippen molar-refractivity contribution in [3.63, 3.8) is 0 Å². The van der Waals surface area contributed by atoms with Crippen molar-refractivity contribution < 1.29 is 33.3 Å².